The van der Waals surface area contributed by atoms with Crippen LogP contribution >= 0.6 is 0 Å². The van der Waals surface area contributed by atoms with Gasteiger partial charge in [0.2, 0.25) is 5.91 Å². The summed E-state index contributed by atoms with van der Waals surface area (Å²) in [5.41, 5.74) is 7.75. The van der Waals surface area contributed by atoms with Crippen molar-refractivity contribution in [2.75, 3.05) is 13.1 Å². The van der Waals surface area contributed by atoms with Gasteiger partial charge in [0, 0.05) is 49.5 Å². The van der Waals surface area contributed by atoms with Gasteiger partial charge in [0.1, 0.15) is 24.2 Å². The van der Waals surface area contributed by atoms with E-state index >= 15 is 0 Å². The number of benzene rings is 1. The van der Waals surface area contributed by atoms with Gasteiger partial charge in [-0.25, -0.2) is 0 Å². The van der Waals surface area contributed by atoms with Crippen LogP contribution in [-0.4, -0.2) is 45.6 Å². The maximum Gasteiger partial charge on any atom is 0.276 e. The Kier molecular flexibility index (Phi) is 5.13. The lowest BCUT2D eigenvalue weighted by Gasteiger charge is -2.32. The largest absolute Gasteiger partial charge is 0.490 e. The third kappa shape index (κ3) is 3.78. The summed E-state index contributed by atoms with van der Waals surface area (Å²) in [7, 11) is 0. The number of primary amides is 1. The van der Waals surface area contributed by atoms with Crippen molar-refractivity contribution in [3.05, 3.63) is 47.5 Å². The van der Waals surface area contributed by atoms with Crippen molar-refractivity contribution in [1.82, 2.24) is 14.6 Å². The number of nitrogens with two attached hydrogens (primary N) is 1. The zero-order valence-electron chi connectivity index (χ0n) is 17.4. The summed E-state index contributed by atoms with van der Waals surface area (Å²) < 4.78 is 13.5. The van der Waals surface area contributed by atoms with Crippen LogP contribution in [-0.2, 0) is 24.2 Å². The second-order valence-corrected chi connectivity index (χ2v) is 8.35. The lowest BCUT2D eigenvalue weighted by molar-refractivity contribution is -0.118. The number of amides is 2. The van der Waals surface area contributed by atoms with E-state index in [1.165, 1.54) is 0 Å². The smallest absolute Gasteiger partial charge is 0.276 e. The molecule has 2 aromatic heterocycles. The quantitative estimate of drug-likeness (QED) is 0.681. The first-order valence-corrected chi connectivity index (χ1v) is 10.9. The average Bonchev–Trinajstić information content (AvgIpc) is 3.39. The van der Waals surface area contributed by atoms with Gasteiger partial charge in [-0.2, -0.15) is 0 Å². The summed E-state index contributed by atoms with van der Waals surface area (Å²) in [6.45, 7) is 1.40. The molecule has 0 bridgehead atoms. The van der Waals surface area contributed by atoms with Crippen LogP contribution in [0.4, 0.5) is 0 Å². The van der Waals surface area contributed by atoms with Crippen LogP contribution in [0.3, 0.4) is 0 Å². The fraction of sp³-hybridized carbons (Fsp3) is 0.435. The number of aromatic nitrogens is 2. The highest BCUT2D eigenvalue weighted by atomic mass is 16.5. The first-order chi connectivity index (χ1) is 15.1. The molecule has 31 heavy (non-hydrogen) atoms. The Bertz CT molecular complexity index is 1120. The van der Waals surface area contributed by atoms with Crippen LogP contribution in [0.5, 0.6) is 5.75 Å². The van der Waals surface area contributed by atoms with E-state index in [4.69, 9.17) is 15.0 Å². The second-order valence-electron chi connectivity index (χ2n) is 8.35. The summed E-state index contributed by atoms with van der Waals surface area (Å²) in [5, 5.41) is 5.04. The van der Waals surface area contributed by atoms with E-state index in [1.54, 1.807) is 0 Å². The molecule has 2 aliphatic rings. The van der Waals surface area contributed by atoms with E-state index in [1.807, 2.05) is 39.9 Å². The van der Waals surface area contributed by atoms with E-state index < -0.39 is 0 Å². The minimum absolute atomic E-state index is 0.0281. The Morgan fingerprint density at radius 1 is 1.16 bits per heavy atom. The van der Waals surface area contributed by atoms with Crippen LogP contribution in [0, 0.1) is 0 Å². The van der Waals surface area contributed by atoms with Gasteiger partial charge < -0.3 is 24.5 Å². The number of carbonyl (C=O) groups is 2. The lowest BCUT2D eigenvalue weighted by atomic mass is 9.96. The number of hydrogen-bond acceptors (Lipinski definition) is 5. The number of hydrogen-bond donors (Lipinski definition) is 1. The normalized spacial score (nSPS) is 17.0. The molecule has 5 rings (SSSR count). The van der Waals surface area contributed by atoms with Gasteiger partial charge in [-0.05, 0) is 37.5 Å². The topological polar surface area (TPSA) is 104 Å². The van der Waals surface area contributed by atoms with E-state index in [-0.39, 0.29) is 24.5 Å². The monoisotopic (exact) mass is 422 g/mol. The molecule has 1 fully saturated rings. The third-order valence-electron chi connectivity index (χ3n) is 6.28. The van der Waals surface area contributed by atoms with Crippen molar-refractivity contribution in [2.24, 2.45) is 5.73 Å². The van der Waals surface area contributed by atoms with E-state index in [0.717, 1.165) is 66.5 Å². The minimum atomic E-state index is -0.380. The molecule has 3 heterocycles. The molecule has 0 radical (unpaired) electrons. The van der Waals surface area contributed by atoms with Crippen LogP contribution in [0.2, 0.25) is 0 Å². The molecule has 3 aromatic rings. The number of rotatable bonds is 5. The van der Waals surface area contributed by atoms with Gasteiger partial charge >= 0.3 is 0 Å². The molecule has 0 unspecified atom stereocenters. The van der Waals surface area contributed by atoms with Crippen LogP contribution in [0.15, 0.2) is 35.0 Å². The van der Waals surface area contributed by atoms with Gasteiger partial charge in [-0.3, -0.25) is 9.59 Å². The lowest BCUT2D eigenvalue weighted by Crippen LogP contribution is -2.42. The molecular weight excluding hydrogens is 396 g/mol. The fourth-order valence-corrected chi connectivity index (χ4v) is 4.66. The van der Waals surface area contributed by atoms with Gasteiger partial charge in [0.05, 0.1) is 5.52 Å². The predicted octanol–water partition coefficient (Wildman–Crippen LogP) is 2.68. The summed E-state index contributed by atoms with van der Waals surface area (Å²) in [6.07, 6.45) is 7.31. The molecule has 1 saturated heterocycles. The van der Waals surface area contributed by atoms with Gasteiger partial charge in [-0.1, -0.05) is 11.2 Å². The number of ether oxygens (including phenoxy) is 1. The Balaban J connectivity index is 1.24. The van der Waals surface area contributed by atoms with Crippen molar-refractivity contribution in [3.8, 4) is 5.75 Å². The summed E-state index contributed by atoms with van der Waals surface area (Å²) >= 11 is 0. The zero-order chi connectivity index (χ0) is 21.4. The first kappa shape index (κ1) is 19.7. The van der Waals surface area contributed by atoms with Gasteiger partial charge in [0.25, 0.3) is 5.91 Å². The van der Waals surface area contributed by atoms with Crippen LogP contribution < -0.4 is 10.5 Å². The highest BCUT2D eigenvalue weighted by Crippen LogP contribution is 2.30. The molecule has 8 heteroatoms. The Labute approximate surface area is 179 Å². The highest BCUT2D eigenvalue weighted by molar-refractivity contribution is 5.94. The van der Waals surface area contributed by atoms with Crippen molar-refractivity contribution < 1.29 is 18.8 Å². The predicted molar refractivity (Wildman–Crippen MR) is 114 cm³/mol. The Hall–Kier alpha value is -3.29. The number of aryl methyl sites for hydroxylation is 1. The third-order valence-corrected chi connectivity index (χ3v) is 6.28. The van der Waals surface area contributed by atoms with Crippen molar-refractivity contribution >= 4 is 22.7 Å². The minimum Gasteiger partial charge on any atom is -0.490 e. The Morgan fingerprint density at radius 3 is 2.77 bits per heavy atom. The molecule has 1 aliphatic heterocycles. The molecule has 2 N–H and O–H groups in total. The van der Waals surface area contributed by atoms with Crippen molar-refractivity contribution in [3.63, 3.8) is 0 Å². The number of carbonyl (C=O) groups excluding carboxylic acids is 2. The molecule has 0 spiro atoms. The molecule has 1 aromatic carbocycles. The van der Waals surface area contributed by atoms with Crippen LogP contribution in [0.25, 0.3) is 10.9 Å². The number of piperidine rings is 1. The SMILES string of the molecule is NC(=O)Cn1ccc2c(OC3CCN(C(=O)c4noc5c4CCCC5)CC3)cccc21. The van der Waals surface area contributed by atoms with Crippen LogP contribution in [0.1, 0.15) is 47.5 Å². The highest BCUT2D eigenvalue weighted by Gasteiger charge is 2.30. The number of nitrogens with zero attached hydrogens (tertiary/aromatic N) is 3. The maximum absolute atomic E-state index is 13.0. The molecular formula is C23H26N4O4. The maximum atomic E-state index is 13.0. The Morgan fingerprint density at radius 2 is 1.97 bits per heavy atom. The molecule has 2 amide bonds. The number of fused-ring (bicyclic) bond motifs is 2. The molecule has 162 valence electrons. The first-order valence-electron chi connectivity index (χ1n) is 10.9. The fourth-order valence-electron chi connectivity index (χ4n) is 4.66. The molecule has 0 atom stereocenters. The zero-order valence-corrected chi connectivity index (χ0v) is 17.4. The van der Waals surface area contributed by atoms with Gasteiger partial charge in [-0.15, -0.1) is 0 Å². The van der Waals surface area contributed by atoms with E-state index in [2.05, 4.69) is 5.16 Å². The van der Waals surface area contributed by atoms with Gasteiger partial charge in [0.15, 0.2) is 5.69 Å². The summed E-state index contributed by atoms with van der Waals surface area (Å²) in [4.78, 5) is 26.1. The standard InChI is InChI=1S/C23H26N4O4/c24-21(28)14-27-13-10-16-18(27)5-3-7-19(16)30-15-8-11-26(12-9-15)23(29)22-17-4-1-2-6-20(17)31-25-22/h3,5,7,10,13,15H,1-2,4,6,8-9,11-12,14H2,(H2,24,28). The average molecular weight is 422 g/mol. The molecule has 8 nitrogen and oxygen atoms in total. The summed E-state index contributed by atoms with van der Waals surface area (Å²) in [5.74, 6) is 1.26. The van der Waals surface area contributed by atoms with E-state index in [9.17, 15) is 9.59 Å². The van der Waals surface area contributed by atoms with Crippen molar-refractivity contribution in [1.29, 1.82) is 0 Å². The van der Waals surface area contributed by atoms with E-state index in [0.29, 0.717) is 18.8 Å². The van der Waals surface area contributed by atoms with Crippen molar-refractivity contribution in [2.45, 2.75) is 51.2 Å². The molecule has 1 aliphatic carbocycles. The summed E-state index contributed by atoms with van der Waals surface area (Å²) in [6, 6.07) is 7.75. The number of likely N-dealkylation sites (tertiary alicyclic amines) is 1. The second kappa shape index (κ2) is 8.09. The molecule has 0 saturated carbocycles.